The third kappa shape index (κ3) is 3.01. The molecule has 2 aromatic carbocycles. The molecule has 0 bridgehead atoms. The molecule has 4 heteroatoms. The van der Waals surface area contributed by atoms with E-state index in [1.807, 2.05) is 0 Å². The maximum absolute atomic E-state index is 13.8. The van der Waals surface area contributed by atoms with Gasteiger partial charge in [0.2, 0.25) is 0 Å². The minimum atomic E-state index is -3.42. The summed E-state index contributed by atoms with van der Waals surface area (Å²) in [5.74, 6) is 0. The van der Waals surface area contributed by atoms with Crippen LogP contribution in [0.5, 0.6) is 0 Å². The molecule has 0 saturated heterocycles. The first-order chi connectivity index (χ1) is 8.93. The molecule has 0 aliphatic heterocycles. The Labute approximate surface area is 119 Å². The van der Waals surface area contributed by atoms with Crippen LogP contribution in [0.2, 0.25) is 0 Å². The highest BCUT2D eigenvalue weighted by molar-refractivity contribution is 9.10. The van der Waals surface area contributed by atoms with Crippen molar-refractivity contribution < 1.29 is 13.9 Å². The Bertz CT molecular complexity index is 525. The largest absolute Gasteiger partial charge is 0.378 e. The van der Waals surface area contributed by atoms with Gasteiger partial charge in [-0.1, -0.05) is 60.7 Å². The predicted molar refractivity (Wildman–Crippen MR) is 74.4 cm³/mol. The van der Waals surface area contributed by atoms with Crippen molar-refractivity contribution in [2.45, 2.75) is 16.9 Å². The van der Waals surface area contributed by atoms with Crippen LogP contribution in [0.15, 0.2) is 60.7 Å². The topological polar surface area (TPSA) is 20.2 Å². The molecule has 1 unspecified atom stereocenters. The SMILES string of the molecule is OC(Cc1ccccc1)(c1ccccc1)C(F)(F)Br. The standard InChI is InChI=1S/C15H13BrF2O/c16-15(17,18)14(19,13-9-5-2-6-10-13)11-12-7-3-1-4-8-12/h1-10,19H,11H2. The Morgan fingerprint density at radius 2 is 1.37 bits per heavy atom. The molecule has 1 atom stereocenters. The molecule has 0 radical (unpaired) electrons. The molecule has 0 amide bonds. The van der Waals surface area contributed by atoms with Crippen LogP contribution in [-0.2, 0) is 12.0 Å². The molecule has 0 aliphatic carbocycles. The lowest BCUT2D eigenvalue weighted by molar-refractivity contribution is -0.121. The van der Waals surface area contributed by atoms with Crippen molar-refractivity contribution in [2.24, 2.45) is 0 Å². The van der Waals surface area contributed by atoms with Gasteiger partial charge >= 0.3 is 4.83 Å². The number of benzene rings is 2. The Hall–Kier alpha value is -1.26. The Balaban J connectivity index is 2.42. The fraction of sp³-hybridized carbons (Fsp3) is 0.200. The molecule has 19 heavy (non-hydrogen) atoms. The van der Waals surface area contributed by atoms with Gasteiger partial charge in [0.05, 0.1) is 0 Å². The first kappa shape index (κ1) is 14.2. The molecule has 0 heterocycles. The lowest BCUT2D eigenvalue weighted by atomic mass is 9.87. The number of rotatable bonds is 4. The van der Waals surface area contributed by atoms with Gasteiger partial charge in [-0.05, 0) is 27.1 Å². The minimum absolute atomic E-state index is 0.171. The molecular formula is C15H13BrF2O. The fourth-order valence-electron chi connectivity index (χ4n) is 1.97. The number of aliphatic hydroxyl groups is 1. The summed E-state index contributed by atoms with van der Waals surface area (Å²) in [4.78, 5) is -3.42. The second-order valence-corrected chi connectivity index (χ2v) is 5.38. The van der Waals surface area contributed by atoms with Crippen LogP contribution in [0.4, 0.5) is 8.78 Å². The molecule has 0 saturated carbocycles. The second-order valence-electron chi connectivity index (χ2n) is 4.39. The van der Waals surface area contributed by atoms with Crippen molar-refractivity contribution in [2.75, 3.05) is 0 Å². The zero-order valence-corrected chi connectivity index (χ0v) is 11.6. The maximum Gasteiger partial charge on any atom is 0.333 e. The van der Waals surface area contributed by atoms with Crippen molar-refractivity contribution in [1.29, 1.82) is 0 Å². The van der Waals surface area contributed by atoms with E-state index in [1.54, 1.807) is 48.5 Å². The first-order valence-corrected chi connectivity index (χ1v) is 6.61. The van der Waals surface area contributed by atoms with Crippen molar-refractivity contribution in [3.8, 4) is 0 Å². The van der Waals surface area contributed by atoms with E-state index in [0.717, 1.165) is 0 Å². The van der Waals surface area contributed by atoms with Crippen LogP contribution >= 0.6 is 15.9 Å². The molecule has 100 valence electrons. The molecule has 1 nitrogen and oxygen atoms in total. The van der Waals surface area contributed by atoms with E-state index in [9.17, 15) is 13.9 Å². The maximum atomic E-state index is 13.8. The summed E-state index contributed by atoms with van der Waals surface area (Å²) in [6.45, 7) is 0. The lowest BCUT2D eigenvalue weighted by Crippen LogP contribution is -2.43. The normalized spacial score (nSPS) is 14.9. The van der Waals surface area contributed by atoms with Gasteiger partial charge in [0, 0.05) is 6.42 Å². The van der Waals surface area contributed by atoms with Gasteiger partial charge in [-0.25, -0.2) is 0 Å². The summed E-state index contributed by atoms with van der Waals surface area (Å²) in [6.07, 6.45) is -0.171. The van der Waals surface area contributed by atoms with Gasteiger partial charge in [0.1, 0.15) is 0 Å². The predicted octanol–water partition coefficient (Wildman–Crippen LogP) is 4.10. The van der Waals surface area contributed by atoms with Crippen molar-refractivity contribution in [1.82, 2.24) is 0 Å². The number of hydrogen-bond donors (Lipinski definition) is 1. The molecule has 0 aromatic heterocycles. The molecule has 0 spiro atoms. The summed E-state index contributed by atoms with van der Waals surface area (Å²) in [7, 11) is 0. The summed E-state index contributed by atoms with van der Waals surface area (Å²) < 4.78 is 27.6. The third-order valence-electron chi connectivity index (χ3n) is 3.02. The van der Waals surface area contributed by atoms with Crippen LogP contribution in [0.3, 0.4) is 0 Å². The summed E-state index contributed by atoms with van der Waals surface area (Å²) in [5, 5.41) is 10.5. The zero-order chi connectivity index (χ0) is 13.9. The van der Waals surface area contributed by atoms with Crippen molar-refractivity contribution >= 4 is 15.9 Å². The first-order valence-electron chi connectivity index (χ1n) is 5.82. The van der Waals surface area contributed by atoms with E-state index >= 15 is 0 Å². The highest BCUT2D eigenvalue weighted by Gasteiger charge is 2.51. The molecule has 1 N–H and O–H groups in total. The van der Waals surface area contributed by atoms with Crippen LogP contribution in [-0.4, -0.2) is 9.94 Å². The average Bonchev–Trinajstić information content (AvgIpc) is 2.39. The number of alkyl halides is 3. The van der Waals surface area contributed by atoms with Crippen molar-refractivity contribution in [3.05, 3.63) is 71.8 Å². The van der Waals surface area contributed by atoms with Gasteiger partial charge in [-0.3, -0.25) is 0 Å². The average molecular weight is 327 g/mol. The third-order valence-corrected chi connectivity index (χ3v) is 3.68. The summed E-state index contributed by atoms with van der Waals surface area (Å²) >= 11 is 2.31. The minimum Gasteiger partial charge on any atom is -0.378 e. The quantitative estimate of drug-likeness (QED) is 0.838. The molecule has 2 rings (SSSR count). The van der Waals surface area contributed by atoms with E-state index in [4.69, 9.17) is 0 Å². The molecule has 0 fully saturated rings. The van der Waals surface area contributed by atoms with Gasteiger partial charge < -0.3 is 5.11 Å². The monoisotopic (exact) mass is 326 g/mol. The van der Waals surface area contributed by atoms with E-state index in [1.165, 1.54) is 12.1 Å². The second kappa shape index (κ2) is 5.39. The van der Waals surface area contributed by atoms with Crippen LogP contribution in [0, 0.1) is 0 Å². The Kier molecular flexibility index (Phi) is 4.02. The fourth-order valence-corrected chi connectivity index (χ4v) is 2.34. The summed E-state index contributed by atoms with van der Waals surface area (Å²) in [6, 6.07) is 16.7. The molecular weight excluding hydrogens is 314 g/mol. The highest BCUT2D eigenvalue weighted by Crippen LogP contribution is 2.44. The van der Waals surface area contributed by atoms with Crippen LogP contribution < -0.4 is 0 Å². The van der Waals surface area contributed by atoms with E-state index in [-0.39, 0.29) is 12.0 Å². The van der Waals surface area contributed by atoms with Gasteiger partial charge in [-0.15, -0.1) is 0 Å². The van der Waals surface area contributed by atoms with E-state index in [2.05, 4.69) is 15.9 Å². The Morgan fingerprint density at radius 3 is 1.84 bits per heavy atom. The van der Waals surface area contributed by atoms with Gasteiger partial charge in [-0.2, -0.15) is 8.78 Å². The molecule has 0 aliphatic rings. The van der Waals surface area contributed by atoms with Gasteiger partial charge in [0.15, 0.2) is 5.60 Å². The van der Waals surface area contributed by atoms with E-state index < -0.39 is 10.4 Å². The number of halogens is 3. The van der Waals surface area contributed by atoms with Crippen LogP contribution in [0.25, 0.3) is 0 Å². The lowest BCUT2D eigenvalue weighted by Gasteiger charge is -2.33. The smallest absolute Gasteiger partial charge is 0.333 e. The van der Waals surface area contributed by atoms with E-state index in [0.29, 0.717) is 5.56 Å². The van der Waals surface area contributed by atoms with Crippen LogP contribution in [0.1, 0.15) is 11.1 Å². The Morgan fingerprint density at radius 1 is 0.895 bits per heavy atom. The summed E-state index contributed by atoms with van der Waals surface area (Å²) in [5.41, 5.74) is -1.45. The molecule has 2 aromatic rings. The highest BCUT2D eigenvalue weighted by atomic mass is 79.9. The number of hydrogen-bond acceptors (Lipinski definition) is 1. The zero-order valence-electron chi connectivity index (χ0n) is 10.1. The van der Waals surface area contributed by atoms with Crippen molar-refractivity contribution in [3.63, 3.8) is 0 Å². The van der Waals surface area contributed by atoms with Gasteiger partial charge in [0.25, 0.3) is 0 Å².